The first-order valence-corrected chi connectivity index (χ1v) is 10.7. The van der Waals surface area contributed by atoms with E-state index in [1.54, 1.807) is 51.2 Å². The monoisotopic (exact) mass is 501 g/mol. The van der Waals surface area contributed by atoms with Gasteiger partial charge in [0.25, 0.3) is 0 Å². The van der Waals surface area contributed by atoms with Crippen LogP contribution in [0.5, 0.6) is 5.88 Å². The molecule has 9 nitrogen and oxygen atoms in total. The first-order chi connectivity index (χ1) is 15.1. The molecule has 0 radical (unpaired) electrons. The van der Waals surface area contributed by atoms with E-state index in [1.165, 1.54) is 0 Å². The summed E-state index contributed by atoms with van der Waals surface area (Å²) in [5, 5.41) is 8.59. The number of carbonyl (C=O) groups is 2. The number of amides is 2. The van der Waals surface area contributed by atoms with Crippen LogP contribution in [0.1, 0.15) is 33.6 Å². The topological polar surface area (TPSA) is 114 Å². The Bertz CT molecular complexity index is 1060. The van der Waals surface area contributed by atoms with Crippen molar-refractivity contribution in [1.82, 2.24) is 15.3 Å². The van der Waals surface area contributed by atoms with Gasteiger partial charge in [0.05, 0.1) is 10.7 Å². The van der Waals surface area contributed by atoms with Crippen LogP contribution in [0.3, 0.4) is 0 Å². The van der Waals surface area contributed by atoms with Gasteiger partial charge in [0.1, 0.15) is 11.1 Å². The van der Waals surface area contributed by atoms with E-state index in [9.17, 15) is 9.59 Å². The Balaban J connectivity index is 1.65. The summed E-state index contributed by atoms with van der Waals surface area (Å²) in [6, 6.07) is 7.05. The summed E-state index contributed by atoms with van der Waals surface area (Å²) < 4.78 is 11.2. The molecule has 1 heterocycles. The van der Waals surface area contributed by atoms with Gasteiger partial charge in [-0.05, 0) is 67.7 Å². The smallest absolute Gasteiger partial charge is 0.408 e. The van der Waals surface area contributed by atoms with Crippen LogP contribution in [0, 0.1) is 12.3 Å². The third-order valence-corrected chi connectivity index (χ3v) is 4.85. The minimum Gasteiger partial charge on any atom is -0.464 e. The lowest BCUT2D eigenvalue weighted by molar-refractivity contribution is -0.119. The minimum atomic E-state index is -0.955. The third kappa shape index (κ3) is 6.34. The van der Waals surface area contributed by atoms with Crippen LogP contribution in [0.2, 0.25) is 0 Å². The Morgan fingerprint density at radius 3 is 2.66 bits per heavy atom. The molecule has 0 atom stereocenters. The Morgan fingerprint density at radius 2 is 2.00 bits per heavy atom. The fourth-order valence-electron chi connectivity index (χ4n) is 2.71. The molecule has 0 bridgehead atoms. The van der Waals surface area contributed by atoms with E-state index < -0.39 is 17.2 Å². The third-order valence-electron chi connectivity index (χ3n) is 4.31. The van der Waals surface area contributed by atoms with Gasteiger partial charge in [-0.15, -0.1) is 6.42 Å². The number of ether oxygens (including phenoxy) is 2. The zero-order valence-corrected chi connectivity index (χ0v) is 19.6. The summed E-state index contributed by atoms with van der Waals surface area (Å²) >= 11 is 3.31. The number of halogens is 1. The van der Waals surface area contributed by atoms with Crippen molar-refractivity contribution >= 4 is 45.3 Å². The van der Waals surface area contributed by atoms with Crippen LogP contribution in [0.4, 0.5) is 22.1 Å². The largest absolute Gasteiger partial charge is 0.464 e. The predicted molar refractivity (Wildman–Crippen MR) is 124 cm³/mol. The first kappa shape index (κ1) is 23.3. The molecule has 32 heavy (non-hydrogen) atoms. The highest BCUT2D eigenvalue weighted by Gasteiger charge is 2.52. The number of aromatic nitrogens is 2. The molecule has 1 aromatic carbocycles. The molecular formula is C22H24BrN5O4. The SMILES string of the molecule is C#CCOc1nc(Nc2cccc(NC(=O)C3(NC(=O)OC(C)(C)C)CC3)c2)ncc1Br. The lowest BCUT2D eigenvalue weighted by Crippen LogP contribution is -2.47. The summed E-state index contributed by atoms with van der Waals surface area (Å²) in [5.41, 5.74) is -0.391. The van der Waals surface area contributed by atoms with E-state index in [2.05, 4.69) is 47.8 Å². The van der Waals surface area contributed by atoms with Gasteiger partial charge in [-0.3, -0.25) is 4.79 Å². The fourth-order valence-corrected chi connectivity index (χ4v) is 3.02. The van der Waals surface area contributed by atoms with E-state index >= 15 is 0 Å². The average Bonchev–Trinajstić information content (AvgIpc) is 3.48. The highest BCUT2D eigenvalue weighted by Crippen LogP contribution is 2.37. The molecule has 3 N–H and O–H groups in total. The Labute approximate surface area is 194 Å². The number of nitrogens with one attached hydrogen (secondary N) is 3. The van der Waals surface area contributed by atoms with Gasteiger partial charge in [0.15, 0.2) is 6.61 Å². The van der Waals surface area contributed by atoms with Gasteiger partial charge in [-0.25, -0.2) is 9.78 Å². The average molecular weight is 502 g/mol. The van der Waals surface area contributed by atoms with Gasteiger partial charge in [0.2, 0.25) is 17.7 Å². The number of nitrogens with zero attached hydrogens (tertiary/aromatic N) is 2. The maximum absolute atomic E-state index is 12.8. The standard InChI is InChI=1S/C22H24BrN5O4/c1-5-11-31-17-16(23)13-24-19(27-17)26-15-8-6-7-14(12-15)25-18(29)22(9-10-22)28-20(30)32-21(2,3)4/h1,6-8,12-13H,9-11H2,2-4H3,(H,25,29)(H,28,30)(H,24,26,27). The van der Waals surface area contributed by atoms with Crippen molar-refractivity contribution in [2.45, 2.75) is 44.8 Å². The fraction of sp³-hybridized carbons (Fsp3) is 0.364. The molecule has 0 unspecified atom stereocenters. The summed E-state index contributed by atoms with van der Waals surface area (Å²) in [7, 11) is 0. The number of terminal acetylenes is 1. The molecular weight excluding hydrogens is 478 g/mol. The van der Waals surface area contributed by atoms with Crippen molar-refractivity contribution in [3.63, 3.8) is 0 Å². The Morgan fingerprint density at radius 1 is 1.28 bits per heavy atom. The maximum Gasteiger partial charge on any atom is 0.408 e. The molecule has 1 saturated carbocycles. The second-order valence-corrected chi connectivity index (χ2v) is 9.06. The van der Waals surface area contributed by atoms with E-state index in [0.717, 1.165) is 0 Å². The normalized spacial score (nSPS) is 14.0. The zero-order valence-electron chi connectivity index (χ0n) is 18.0. The first-order valence-electron chi connectivity index (χ1n) is 9.89. The van der Waals surface area contributed by atoms with Crippen LogP contribution in [0.25, 0.3) is 0 Å². The van der Waals surface area contributed by atoms with E-state index in [4.69, 9.17) is 15.9 Å². The maximum atomic E-state index is 12.8. The second kappa shape index (κ2) is 9.44. The van der Waals surface area contributed by atoms with Crippen molar-refractivity contribution in [1.29, 1.82) is 0 Å². The number of rotatable bonds is 7. The number of benzene rings is 1. The summed E-state index contributed by atoms with van der Waals surface area (Å²) in [6.07, 6.45) is 7.24. The van der Waals surface area contributed by atoms with Crippen molar-refractivity contribution in [2.24, 2.45) is 0 Å². The Kier molecular flexibility index (Phi) is 6.89. The molecule has 3 rings (SSSR count). The highest BCUT2D eigenvalue weighted by atomic mass is 79.9. The van der Waals surface area contributed by atoms with Crippen LogP contribution < -0.4 is 20.7 Å². The van der Waals surface area contributed by atoms with Gasteiger partial charge in [0, 0.05) is 11.4 Å². The number of alkyl carbamates (subject to hydrolysis) is 1. The summed E-state index contributed by atoms with van der Waals surface area (Å²) in [4.78, 5) is 33.3. The molecule has 10 heteroatoms. The molecule has 1 aliphatic carbocycles. The molecule has 1 aliphatic rings. The lowest BCUT2D eigenvalue weighted by atomic mass is 10.2. The van der Waals surface area contributed by atoms with Gasteiger partial charge >= 0.3 is 6.09 Å². The van der Waals surface area contributed by atoms with E-state index in [0.29, 0.717) is 40.5 Å². The highest BCUT2D eigenvalue weighted by molar-refractivity contribution is 9.10. The van der Waals surface area contributed by atoms with Crippen LogP contribution in [-0.4, -0.2) is 39.7 Å². The number of hydrogen-bond acceptors (Lipinski definition) is 7. The minimum absolute atomic E-state index is 0.0790. The number of anilines is 3. The molecule has 1 fully saturated rings. The number of hydrogen-bond donors (Lipinski definition) is 3. The van der Waals surface area contributed by atoms with E-state index in [-0.39, 0.29) is 12.5 Å². The molecule has 1 aromatic heterocycles. The summed E-state index contributed by atoms with van der Waals surface area (Å²) in [5.74, 6) is 2.69. The Hall–Kier alpha value is -3.32. The van der Waals surface area contributed by atoms with Crippen molar-refractivity contribution in [2.75, 3.05) is 17.2 Å². The van der Waals surface area contributed by atoms with Gasteiger partial charge in [-0.2, -0.15) is 4.98 Å². The van der Waals surface area contributed by atoms with Crippen molar-refractivity contribution in [3.05, 3.63) is 34.9 Å². The van der Waals surface area contributed by atoms with Crippen molar-refractivity contribution in [3.8, 4) is 18.2 Å². The molecule has 168 valence electrons. The van der Waals surface area contributed by atoms with E-state index in [1.807, 2.05) is 0 Å². The predicted octanol–water partition coefficient (Wildman–Crippen LogP) is 3.99. The van der Waals surface area contributed by atoms with Gasteiger partial charge < -0.3 is 25.4 Å². The van der Waals surface area contributed by atoms with Crippen molar-refractivity contribution < 1.29 is 19.1 Å². The van der Waals surface area contributed by atoms with Gasteiger partial charge in [-0.1, -0.05) is 12.0 Å². The second-order valence-electron chi connectivity index (χ2n) is 8.21. The number of carbonyl (C=O) groups excluding carboxylic acids is 2. The molecule has 2 amide bonds. The van der Waals surface area contributed by atoms with Crippen LogP contribution >= 0.6 is 15.9 Å². The summed E-state index contributed by atoms with van der Waals surface area (Å²) in [6.45, 7) is 5.38. The van der Waals surface area contributed by atoms with Crippen LogP contribution in [-0.2, 0) is 9.53 Å². The molecule has 2 aromatic rings. The van der Waals surface area contributed by atoms with Crippen LogP contribution in [0.15, 0.2) is 34.9 Å². The molecule has 0 aliphatic heterocycles. The molecule has 0 spiro atoms. The molecule has 0 saturated heterocycles. The quantitative estimate of drug-likeness (QED) is 0.491. The lowest BCUT2D eigenvalue weighted by Gasteiger charge is -2.23. The zero-order chi connectivity index (χ0) is 23.4.